The van der Waals surface area contributed by atoms with Crippen LogP contribution < -0.4 is 14.4 Å². The van der Waals surface area contributed by atoms with Gasteiger partial charge >= 0.3 is 0 Å². The van der Waals surface area contributed by atoms with Gasteiger partial charge in [-0.05, 0) is 18.2 Å². The monoisotopic (exact) mass is 348 g/mol. The molecule has 1 atom stereocenters. The molecule has 122 valence electrons. The molecule has 1 aliphatic heterocycles. The van der Waals surface area contributed by atoms with E-state index in [1.165, 1.54) is 13.2 Å². The summed E-state index contributed by atoms with van der Waals surface area (Å²) in [6, 6.07) is 4.62. The molecule has 1 N–H and O–H groups in total. The quantitative estimate of drug-likeness (QED) is 0.789. The average molecular weight is 349 g/mol. The van der Waals surface area contributed by atoms with E-state index in [0.717, 1.165) is 10.6 Å². The number of carbonyl (C=O) groups excluding carboxylic acids is 1. The van der Waals surface area contributed by atoms with Gasteiger partial charge in [0.1, 0.15) is 5.75 Å². The summed E-state index contributed by atoms with van der Waals surface area (Å²) in [6.45, 7) is 0.576. The SMILES string of the molecule is COCCNC(=O)[C@H]1CN(S(C)(=O)=O)c2cc(Cl)ccc2O1. The number of nitrogens with one attached hydrogen (secondary N) is 1. The van der Waals surface area contributed by atoms with Crippen molar-refractivity contribution in [2.24, 2.45) is 0 Å². The van der Waals surface area contributed by atoms with Crippen LogP contribution >= 0.6 is 11.6 Å². The number of benzene rings is 1. The summed E-state index contributed by atoms with van der Waals surface area (Å²) in [6.07, 6.45) is 0.142. The molecule has 7 nitrogen and oxygen atoms in total. The number of amides is 1. The van der Waals surface area contributed by atoms with Crippen LogP contribution in [0.3, 0.4) is 0 Å². The number of sulfonamides is 1. The number of fused-ring (bicyclic) bond motifs is 1. The Morgan fingerprint density at radius 2 is 2.27 bits per heavy atom. The Kier molecular flexibility index (Phi) is 5.15. The summed E-state index contributed by atoms with van der Waals surface area (Å²) in [5.74, 6) is -0.0979. The van der Waals surface area contributed by atoms with Crippen molar-refractivity contribution < 1.29 is 22.7 Å². The molecule has 1 aliphatic rings. The molecule has 0 saturated carbocycles. The number of ether oxygens (including phenoxy) is 2. The second-order valence-corrected chi connectivity index (χ2v) is 7.14. The van der Waals surface area contributed by atoms with Gasteiger partial charge in [-0.1, -0.05) is 11.6 Å². The minimum atomic E-state index is -3.56. The maximum absolute atomic E-state index is 12.1. The molecule has 0 spiro atoms. The Bertz CT molecular complexity index is 664. The fraction of sp³-hybridized carbons (Fsp3) is 0.462. The van der Waals surface area contributed by atoms with Crippen LogP contribution in [-0.2, 0) is 19.6 Å². The Hall–Kier alpha value is -1.51. The summed E-state index contributed by atoms with van der Waals surface area (Å²) in [5, 5.41) is 3.02. The number of methoxy groups -OCH3 is 1. The zero-order valence-corrected chi connectivity index (χ0v) is 13.8. The molecule has 0 radical (unpaired) electrons. The first-order valence-electron chi connectivity index (χ1n) is 6.53. The smallest absolute Gasteiger partial charge is 0.263 e. The van der Waals surface area contributed by atoms with Gasteiger partial charge in [-0.25, -0.2) is 8.42 Å². The fourth-order valence-electron chi connectivity index (χ4n) is 2.07. The lowest BCUT2D eigenvalue weighted by Gasteiger charge is -2.34. The second kappa shape index (κ2) is 6.72. The molecule has 0 aliphatic carbocycles. The molecule has 0 unspecified atom stereocenters. The van der Waals surface area contributed by atoms with Crippen LogP contribution in [0, 0.1) is 0 Å². The summed E-state index contributed by atoms with van der Waals surface area (Å²) in [7, 11) is -2.04. The van der Waals surface area contributed by atoms with Crippen molar-refractivity contribution in [3.05, 3.63) is 23.2 Å². The van der Waals surface area contributed by atoms with Gasteiger partial charge in [-0.2, -0.15) is 0 Å². The predicted octanol–water partition coefficient (Wildman–Crippen LogP) is 0.630. The average Bonchev–Trinajstić information content (AvgIpc) is 2.45. The number of anilines is 1. The molecule has 1 amide bonds. The number of rotatable bonds is 5. The molecule has 1 heterocycles. The van der Waals surface area contributed by atoms with Crippen molar-refractivity contribution in [2.75, 3.05) is 37.4 Å². The third kappa shape index (κ3) is 3.82. The van der Waals surface area contributed by atoms with E-state index >= 15 is 0 Å². The molecule has 0 aromatic heterocycles. The first-order chi connectivity index (χ1) is 10.3. The van der Waals surface area contributed by atoms with E-state index in [0.29, 0.717) is 29.6 Å². The topological polar surface area (TPSA) is 84.9 Å². The predicted molar refractivity (Wildman–Crippen MR) is 82.9 cm³/mol. The Morgan fingerprint density at radius 1 is 1.55 bits per heavy atom. The Balaban J connectivity index is 2.25. The van der Waals surface area contributed by atoms with E-state index in [9.17, 15) is 13.2 Å². The van der Waals surface area contributed by atoms with Gasteiger partial charge in [-0.15, -0.1) is 0 Å². The number of hydrogen-bond donors (Lipinski definition) is 1. The van der Waals surface area contributed by atoms with Crippen molar-refractivity contribution in [1.82, 2.24) is 5.32 Å². The van der Waals surface area contributed by atoms with Crippen molar-refractivity contribution in [2.45, 2.75) is 6.10 Å². The van der Waals surface area contributed by atoms with Gasteiger partial charge in [0.25, 0.3) is 5.91 Å². The van der Waals surface area contributed by atoms with E-state index < -0.39 is 22.0 Å². The number of nitrogens with zero attached hydrogens (tertiary/aromatic N) is 1. The zero-order chi connectivity index (χ0) is 16.3. The first kappa shape index (κ1) is 16.9. The molecule has 1 aromatic rings. The van der Waals surface area contributed by atoms with Gasteiger partial charge in [0.15, 0.2) is 6.10 Å². The largest absolute Gasteiger partial charge is 0.476 e. The molecule has 9 heteroatoms. The first-order valence-corrected chi connectivity index (χ1v) is 8.76. The minimum absolute atomic E-state index is 0.106. The number of halogens is 1. The fourth-order valence-corrected chi connectivity index (χ4v) is 3.14. The molecule has 0 bridgehead atoms. The van der Waals surface area contributed by atoms with Gasteiger partial charge in [0.2, 0.25) is 10.0 Å². The summed E-state index contributed by atoms with van der Waals surface area (Å²) in [5.41, 5.74) is 0.330. The highest BCUT2D eigenvalue weighted by molar-refractivity contribution is 7.92. The van der Waals surface area contributed by atoms with Crippen LogP contribution in [0.2, 0.25) is 5.02 Å². The van der Waals surface area contributed by atoms with Crippen LogP contribution in [0.4, 0.5) is 5.69 Å². The molecule has 2 rings (SSSR count). The highest BCUT2D eigenvalue weighted by Crippen LogP contribution is 2.36. The molecular weight excluding hydrogens is 332 g/mol. The van der Waals surface area contributed by atoms with E-state index in [4.69, 9.17) is 21.1 Å². The molecule has 0 saturated heterocycles. The second-order valence-electron chi connectivity index (χ2n) is 4.80. The third-order valence-corrected chi connectivity index (χ3v) is 4.47. The number of hydrogen-bond acceptors (Lipinski definition) is 5. The van der Waals surface area contributed by atoms with E-state index in [1.54, 1.807) is 12.1 Å². The van der Waals surface area contributed by atoms with Crippen LogP contribution in [0.15, 0.2) is 18.2 Å². The summed E-state index contributed by atoms with van der Waals surface area (Å²) < 4.78 is 35.5. The zero-order valence-electron chi connectivity index (χ0n) is 12.2. The Labute approximate surface area is 134 Å². The lowest BCUT2D eigenvalue weighted by molar-refractivity contribution is -0.127. The Morgan fingerprint density at radius 3 is 2.91 bits per heavy atom. The molecule has 22 heavy (non-hydrogen) atoms. The molecular formula is C13H17ClN2O5S. The van der Waals surface area contributed by atoms with Gasteiger partial charge in [-0.3, -0.25) is 9.10 Å². The summed E-state index contributed by atoms with van der Waals surface area (Å²) in [4.78, 5) is 12.1. The third-order valence-electron chi connectivity index (χ3n) is 3.09. The van der Waals surface area contributed by atoms with Crippen molar-refractivity contribution in [3.63, 3.8) is 0 Å². The molecule has 0 fully saturated rings. The maximum atomic E-state index is 12.1. The van der Waals surface area contributed by atoms with Crippen molar-refractivity contribution >= 4 is 33.2 Å². The normalized spacial score (nSPS) is 17.6. The molecule has 1 aromatic carbocycles. The van der Waals surface area contributed by atoms with E-state index in [2.05, 4.69) is 5.32 Å². The highest BCUT2D eigenvalue weighted by atomic mass is 35.5. The summed E-state index contributed by atoms with van der Waals surface area (Å²) >= 11 is 5.91. The van der Waals surface area contributed by atoms with Crippen molar-refractivity contribution in [1.29, 1.82) is 0 Å². The van der Waals surface area contributed by atoms with Gasteiger partial charge in [0, 0.05) is 18.7 Å². The van der Waals surface area contributed by atoms with Crippen LogP contribution in [0.5, 0.6) is 5.75 Å². The lowest BCUT2D eigenvalue weighted by Crippen LogP contribution is -2.50. The standard InChI is InChI=1S/C13H17ClN2O5S/c1-20-6-5-15-13(17)12-8-16(22(2,18)19)10-7-9(14)3-4-11(10)21-12/h3-4,7,12H,5-6,8H2,1-2H3,(H,15,17)/t12-/m1/s1. The van der Waals surface area contributed by atoms with Crippen molar-refractivity contribution in [3.8, 4) is 5.75 Å². The highest BCUT2D eigenvalue weighted by Gasteiger charge is 2.35. The minimum Gasteiger partial charge on any atom is -0.476 e. The van der Waals surface area contributed by atoms with Gasteiger partial charge in [0.05, 0.1) is 25.1 Å². The van der Waals surface area contributed by atoms with Crippen LogP contribution in [0.1, 0.15) is 0 Å². The van der Waals surface area contributed by atoms with E-state index in [-0.39, 0.29) is 6.54 Å². The maximum Gasteiger partial charge on any atom is 0.263 e. The number of carbonyl (C=O) groups is 1. The lowest BCUT2D eigenvalue weighted by atomic mass is 10.2. The van der Waals surface area contributed by atoms with Gasteiger partial charge < -0.3 is 14.8 Å². The van der Waals surface area contributed by atoms with E-state index in [1.807, 2.05) is 0 Å². The van der Waals surface area contributed by atoms with Crippen LogP contribution in [0.25, 0.3) is 0 Å². The van der Waals surface area contributed by atoms with Crippen LogP contribution in [-0.4, -0.2) is 53.5 Å².